The van der Waals surface area contributed by atoms with E-state index in [1.807, 2.05) is 6.07 Å². The molecule has 1 aliphatic rings. The fourth-order valence-corrected chi connectivity index (χ4v) is 2.61. The van der Waals surface area contributed by atoms with E-state index in [1.165, 1.54) is 0 Å². The topological polar surface area (TPSA) is 44.4 Å². The Balaban J connectivity index is 2.09. The zero-order chi connectivity index (χ0) is 14.5. The standard InChI is InChI=1S/C15H22ClN3O/c1-3-7-17-14-5-4-11(16)9-13(14)15(20)18-12-6-8-19(2)10-12/h4-5,9,12,17H,3,6-8,10H2,1-2H3,(H,18,20). The lowest BCUT2D eigenvalue weighted by molar-refractivity contribution is 0.0939. The Bertz CT molecular complexity index is 478. The summed E-state index contributed by atoms with van der Waals surface area (Å²) in [4.78, 5) is 14.6. The summed E-state index contributed by atoms with van der Waals surface area (Å²) in [6.45, 7) is 4.87. The molecule has 1 aromatic rings. The van der Waals surface area contributed by atoms with Crippen LogP contribution in [0.4, 0.5) is 5.69 Å². The summed E-state index contributed by atoms with van der Waals surface area (Å²) in [6.07, 6.45) is 2.01. The van der Waals surface area contributed by atoms with Crippen molar-refractivity contribution in [3.63, 3.8) is 0 Å². The van der Waals surface area contributed by atoms with Gasteiger partial charge >= 0.3 is 0 Å². The van der Waals surface area contributed by atoms with Crippen LogP contribution < -0.4 is 10.6 Å². The second-order valence-corrected chi connectivity index (χ2v) is 5.77. The van der Waals surface area contributed by atoms with E-state index in [2.05, 4.69) is 29.5 Å². The van der Waals surface area contributed by atoms with Crippen molar-refractivity contribution in [2.45, 2.75) is 25.8 Å². The molecule has 20 heavy (non-hydrogen) atoms. The number of amides is 1. The van der Waals surface area contributed by atoms with Crippen LogP contribution in [0, 0.1) is 0 Å². The second-order valence-electron chi connectivity index (χ2n) is 5.34. The lowest BCUT2D eigenvalue weighted by Crippen LogP contribution is -2.36. The van der Waals surface area contributed by atoms with E-state index in [0.717, 1.165) is 38.2 Å². The van der Waals surface area contributed by atoms with E-state index >= 15 is 0 Å². The maximum absolute atomic E-state index is 12.4. The van der Waals surface area contributed by atoms with Gasteiger partial charge in [-0.3, -0.25) is 4.79 Å². The second kappa shape index (κ2) is 6.95. The molecule has 1 saturated heterocycles. The molecule has 0 aromatic heterocycles. The van der Waals surface area contributed by atoms with E-state index in [-0.39, 0.29) is 11.9 Å². The van der Waals surface area contributed by atoms with Gasteiger partial charge in [-0.1, -0.05) is 18.5 Å². The van der Waals surface area contributed by atoms with Crippen molar-refractivity contribution in [1.29, 1.82) is 0 Å². The van der Waals surface area contributed by atoms with Crippen molar-refractivity contribution in [2.75, 3.05) is 32.0 Å². The monoisotopic (exact) mass is 295 g/mol. The minimum Gasteiger partial charge on any atom is -0.384 e. The predicted molar refractivity (Wildman–Crippen MR) is 83.6 cm³/mol. The fourth-order valence-electron chi connectivity index (χ4n) is 2.43. The predicted octanol–water partition coefficient (Wildman–Crippen LogP) is 2.60. The molecular weight excluding hydrogens is 274 g/mol. The molecule has 0 radical (unpaired) electrons. The van der Waals surface area contributed by atoms with Crippen LogP contribution in [0.5, 0.6) is 0 Å². The van der Waals surface area contributed by atoms with Gasteiger partial charge in [0, 0.05) is 29.8 Å². The molecule has 2 rings (SSSR count). The van der Waals surface area contributed by atoms with E-state index in [0.29, 0.717) is 10.6 Å². The molecule has 2 N–H and O–H groups in total. The van der Waals surface area contributed by atoms with Crippen LogP contribution in [0.1, 0.15) is 30.1 Å². The van der Waals surface area contributed by atoms with Gasteiger partial charge in [0.15, 0.2) is 0 Å². The van der Waals surface area contributed by atoms with Crippen molar-refractivity contribution >= 4 is 23.2 Å². The number of carbonyl (C=O) groups excluding carboxylic acids is 1. The number of nitrogens with zero attached hydrogens (tertiary/aromatic N) is 1. The van der Waals surface area contributed by atoms with E-state index in [4.69, 9.17) is 11.6 Å². The van der Waals surface area contributed by atoms with Crippen LogP contribution in [0.2, 0.25) is 5.02 Å². The SMILES string of the molecule is CCCNc1ccc(Cl)cc1C(=O)NC1CCN(C)C1. The molecule has 1 fully saturated rings. The van der Waals surface area contributed by atoms with Gasteiger partial charge in [-0.15, -0.1) is 0 Å². The Hall–Kier alpha value is -1.26. The minimum atomic E-state index is -0.0496. The highest BCUT2D eigenvalue weighted by Gasteiger charge is 2.22. The highest BCUT2D eigenvalue weighted by Crippen LogP contribution is 2.21. The first kappa shape index (κ1) is 15.1. The van der Waals surface area contributed by atoms with Crippen LogP contribution in [0.3, 0.4) is 0 Å². The number of nitrogens with one attached hydrogen (secondary N) is 2. The van der Waals surface area contributed by atoms with Gasteiger partial charge in [0.1, 0.15) is 0 Å². The number of halogens is 1. The zero-order valence-electron chi connectivity index (χ0n) is 12.1. The Kier molecular flexibility index (Phi) is 5.26. The molecule has 1 aromatic carbocycles. The van der Waals surface area contributed by atoms with E-state index in [1.54, 1.807) is 12.1 Å². The molecule has 110 valence electrons. The Morgan fingerprint density at radius 3 is 2.95 bits per heavy atom. The number of rotatable bonds is 5. The molecule has 1 atom stereocenters. The van der Waals surface area contributed by atoms with Crippen LogP contribution in [-0.2, 0) is 0 Å². The first-order chi connectivity index (χ1) is 9.60. The van der Waals surface area contributed by atoms with Crippen LogP contribution in [0.15, 0.2) is 18.2 Å². The van der Waals surface area contributed by atoms with Crippen molar-refractivity contribution in [2.24, 2.45) is 0 Å². The highest BCUT2D eigenvalue weighted by molar-refractivity contribution is 6.31. The molecule has 0 saturated carbocycles. The van der Waals surface area contributed by atoms with Gasteiger partial charge in [-0.25, -0.2) is 0 Å². The van der Waals surface area contributed by atoms with Gasteiger partial charge in [-0.2, -0.15) is 0 Å². The van der Waals surface area contributed by atoms with E-state index < -0.39 is 0 Å². The van der Waals surface area contributed by atoms with Crippen LogP contribution in [0.25, 0.3) is 0 Å². The minimum absolute atomic E-state index is 0.0496. The van der Waals surface area contributed by atoms with Gasteiger partial charge in [-0.05, 0) is 44.6 Å². The maximum Gasteiger partial charge on any atom is 0.253 e. The third-order valence-corrected chi connectivity index (χ3v) is 3.75. The van der Waals surface area contributed by atoms with Crippen LogP contribution >= 0.6 is 11.6 Å². The summed E-state index contributed by atoms with van der Waals surface area (Å²) in [5, 5.41) is 6.95. The molecule has 1 amide bonds. The van der Waals surface area contributed by atoms with Crippen LogP contribution in [-0.4, -0.2) is 43.5 Å². The molecule has 1 unspecified atom stereocenters. The number of anilines is 1. The summed E-state index contributed by atoms with van der Waals surface area (Å²) >= 11 is 6.02. The smallest absolute Gasteiger partial charge is 0.253 e. The van der Waals surface area contributed by atoms with Crippen molar-refractivity contribution < 1.29 is 4.79 Å². The molecule has 1 heterocycles. The van der Waals surface area contributed by atoms with Crippen molar-refractivity contribution in [3.05, 3.63) is 28.8 Å². The molecule has 0 spiro atoms. The fraction of sp³-hybridized carbons (Fsp3) is 0.533. The Labute approximate surface area is 125 Å². The Morgan fingerprint density at radius 2 is 2.30 bits per heavy atom. The summed E-state index contributed by atoms with van der Waals surface area (Å²) in [5.41, 5.74) is 1.47. The molecule has 0 aliphatic carbocycles. The average molecular weight is 296 g/mol. The normalized spacial score (nSPS) is 19.1. The number of hydrogen-bond acceptors (Lipinski definition) is 3. The van der Waals surface area contributed by atoms with Crippen molar-refractivity contribution in [3.8, 4) is 0 Å². The van der Waals surface area contributed by atoms with Gasteiger partial charge < -0.3 is 15.5 Å². The summed E-state index contributed by atoms with van der Waals surface area (Å²) in [7, 11) is 2.07. The highest BCUT2D eigenvalue weighted by atomic mass is 35.5. The largest absolute Gasteiger partial charge is 0.384 e. The number of benzene rings is 1. The van der Waals surface area contributed by atoms with Gasteiger partial charge in [0.2, 0.25) is 0 Å². The summed E-state index contributed by atoms with van der Waals surface area (Å²) in [5.74, 6) is -0.0496. The molecule has 0 bridgehead atoms. The summed E-state index contributed by atoms with van der Waals surface area (Å²) < 4.78 is 0. The van der Waals surface area contributed by atoms with Crippen molar-refractivity contribution in [1.82, 2.24) is 10.2 Å². The molecule has 1 aliphatic heterocycles. The third-order valence-electron chi connectivity index (χ3n) is 3.52. The van der Waals surface area contributed by atoms with E-state index in [9.17, 15) is 4.79 Å². The third kappa shape index (κ3) is 3.87. The summed E-state index contributed by atoms with van der Waals surface area (Å²) in [6, 6.07) is 5.63. The lowest BCUT2D eigenvalue weighted by Gasteiger charge is -2.16. The first-order valence-electron chi connectivity index (χ1n) is 7.13. The molecule has 5 heteroatoms. The number of hydrogen-bond donors (Lipinski definition) is 2. The van der Waals surface area contributed by atoms with Gasteiger partial charge in [0.25, 0.3) is 5.91 Å². The Morgan fingerprint density at radius 1 is 1.50 bits per heavy atom. The zero-order valence-corrected chi connectivity index (χ0v) is 12.8. The average Bonchev–Trinajstić information content (AvgIpc) is 2.82. The maximum atomic E-state index is 12.4. The number of carbonyl (C=O) groups is 1. The lowest BCUT2D eigenvalue weighted by atomic mass is 10.1. The quantitative estimate of drug-likeness (QED) is 0.877. The number of likely N-dealkylation sites (tertiary alicyclic amines) is 1. The molecular formula is C15H22ClN3O. The first-order valence-corrected chi connectivity index (χ1v) is 7.50. The number of likely N-dealkylation sites (N-methyl/N-ethyl adjacent to an activating group) is 1. The van der Waals surface area contributed by atoms with Gasteiger partial charge in [0.05, 0.1) is 5.56 Å². The molecule has 4 nitrogen and oxygen atoms in total.